The van der Waals surface area contributed by atoms with Gasteiger partial charge in [0.15, 0.2) is 11.5 Å². The lowest BCUT2D eigenvalue weighted by atomic mass is 10.1. The molecule has 0 unspecified atom stereocenters. The molecule has 156 valence electrons. The van der Waals surface area contributed by atoms with Crippen molar-refractivity contribution in [2.45, 2.75) is 19.8 Å². The molecule has 0 saturated heterocycles. The molecular formula is C21H22N4O4S. The maximum atomic E-state index is 10.8. The van der Waals surface area contributed by atoms with Gasteiger partial charge in [-0.15, -0.1) is 11.3 Å². The van der Waals surface area contributed by atoms with Gasteiger partial charge in [0.25, 0.3) is 5.69 Å². The molecule has 3 rings (SSSR count). The molecule has 0 saturated carbocycles. The molecule has 0 aliphatic carbocycles. The maximum absolute atomic E-state index is 10.8. The van der Waals surface area contributed by atoms with E-state index in [1.165, 1.54) is 23.5 Å². The number of nitrogens with zero attached hydrogens (tertiary/aromatic N) is 3. The topological polar surface area (TPSA) is 98.9 Å². The van der Waals surface area contributed by atoms with Crippen molar-refractivity contribution < 1.29 is 14.4 Å². The average Bonchev–Trinajstić information content (AvgIpc) is 3.23. The summed E-state index contributed by atoms with van der Waals surface area (Å²) in [6.07, 6.45) is 3.73. The third kappa shape index (κ3) is 5.54. The molecule has 0 amide bonds. The van der Waals surface area contributed by atoms with Gasteiger partial charge in [0.05, 0.1) is 30.5 Å². The van der Waals surface area contributed by atoms with Crippen molar-refractivity contribution in [3.05, 3.63) is 63.5 Å². The highest BCUT2D eigenvalue weighted by atomic mass is 32.1. The standard InChI is InChI=1S/C21H22N4O4S/c1-3-4-11-29-19-10-5-15(12-20(19)28-2)13-22-24-21-23-18(14-30-21)16-6-8-17(9-7-16)25(26)27/h5-10,12-14H,3-4,11H2,1-2H3,(H,23,24)/b22-13+. The Morgan fingerprint density at radius 2 is 2.03 bits per heavy atom. The van der Waals surface area contributed by atoms with E-state index in [-0.39, 0.29) is 5.69 Å². The van der Waals surface area contributed by atoms with Crippen LogP contribution in [0, 0.1) is 10.1 Å². The summed E-state index contributed by atoms with van der Waals surface area (Å²) in [5.41, 5.74) is 5.34. The van der Waals surface area contributed by atoms with Gasteiger partial charge >= 0.3 is 0 Å². The van der Waals surface area contributed by atoms with Gasteiger partial charge in [-0.25, -0.2) is 4.98 Å². The fraction of sp³-hybridized carbons (Fsp3) is 0.238. The number of benzene rings is 2. The summed E-state index contributed by atoms with van der Waals surface area (Å²) in [6.45, 7) is 2.77. The first-order chi connectivity index (χ1) is 14.6. The van der Waals surface area contributed by atoms with Gasteiger partial charge in [-0.1, -0.05) is 13.3 Å². The molecule has 1 heterocycles. The molecule has 1 N–H and O–H groups in total. The molecule has 0 aliphatic rings. The third-order valence-electron chi connectivity index (χ3n) is 4.20. The number of anilines is 1. The first-order valence-corrected chi connectivity index (χ1v) is 10.3. The van der Waals surface area contributed by atoms with Gasteiger partial charge < -0.3 is 9.47 Å². The number of hydrazone groups is 1. The van der Waals surface area contributed by atoms with Crippen molar-refractivity contribution >= 4 is 28.4 Å². The zero-order chi connectivity index (χ0) is 21.3. The zero-order valence-electron chi connectivity index (χ0n) is 16.7. The summed E-state index contributed by atoms with van der Waals surface area (Å²) >= 11 is 1.40. The van der Waals surface area contributed by atoms with Crippen LogP contribution in [0.4, 0.5) is 10.8 Å². The lowest BCUT2D eigenvalue weighted by molar-refractivity contribution is -0.384. The van der Waals surface area contributed by atoms with Gasteiger partial charge in [-0.3, -0.25) is 15.5 Å². The molecule has 1 aromatic heterocycles. The maximum Gasteiger partial charge on any atom is 0.269 e. The minimum atomic E-state index is -0.425. The van der Waals surface area contributed by atoms with Crippen LogP contribution >= 0.6 is 11.3 Å². The predicted molar refractivity (Wildman–Crippen MR) is 119 cm³/mol. The summed E-state index contributed by atoms with van der Waals surface area (Å²) in [5, 5.41) is 17.5. The van der Waals surface area contributed by atoms with E-state index >= 15 is 0 Å². The minimum Gasteiger partial charge on any atom is -0.493 e. The normalized spacial score (nSPS) is 10.9. The molecule has 0 aliphatic heterocycles. The van der Waals surface area contributed by atoms with Crippen molar-refractivity contribution in [1.82, 2.24) is 4.98 Å². The van der Waals surface area contributed by atoms with Crippen LogP contribution in [0.2, 0.25) is 0 Å². The second-order valence-electron chi connectivity index (χ2n) is 6.32. The first kappa shape index (κ1) is 21.3. The van der Waals surface area contributed by atoms with Crippen LogP contribution in [0.15, 0.2) is 52.9 Å². The highest BCUT2D eigenvalue weighted by Gasteiger charge is 2.08. The molecule has 0 spiro atoms. The quantitative estimate of drug-likeness (QED) is 0.203. The van der Waals surface area contributed by atoms with E-state index in [1.54, 1.807) is 25.5 Å². The summed E-state index contributed by atoms with van der Waals surface area (Å²) in [7, 11) is 1.61. The molecule has 0 radical (unpaired) electrons. The Morgan fingerprint density at radius 1 is 1.23 bits per heavy atom. The SMILES string of the molecule is CCCCOc1ccc(/C=N/Nc2nc(-c3ccc([N+](=O)[O-])cc3)cs2)cc1OC. The van der Waals surface area contributed by atoms with Crippen LogP contribution < -0.4 is 14.9 Å². The van der Waals surface area contributed by atoms with Crippen LogP contribution in [0.5, 0.6) is 11.5 Å². The second kappa shape index (κ2) is 10.4. The number of nitro benzene ring substituents is 1. The number of nitrogens with one attached hydrogen (secondary N) is 1. The smallest absolute Gasteiger partial charge is 0.269 e. The fourth-order valence-corrected chi connectivity index (χ4v) is 3.25. The molecule has 3 aromatic rings. The van der Waals surface area contributed by atoms with Crippen LogP contribution in [-0.4, -0.2) is 29.8 Å². The number of thiazole rings is 1. The number of hydrogen-bond acceptors (Lipinski definition) is 8. The number of hydrogen-bond donors (Lipinski definition) is 1. The highest BCUT2D eigenvalue weighted by molar-refractivity contribution is 7.14. The number of rotatable bonds is 10. The molecule has 2 aromatic carbocycles. The predicted octanol–water partition coefficient (Wildman–Crippen LogP) is 5.35. The number of nitro groups is 1. The van der Waals surface area contributed by atoms with E-state index in [4.69, 9.17) is 9.47 Å². The van der Waals surface area contributed by atoms with Crippen LogP contribution in [-0.2, 0) is 0 Å². The summed E-state index contributed by atoms with van der Waals surface area (Å²) in [4.78, 5) is 14.8. The second-order valence-corrected chi connectivity index (χ2v) is 7.18. The molecule has 9 heteroatoms. The Morgan fingerprint density at radius 3 is 2.73 bits per heavy atom. The van der Waals surface area contributed by atoms with Crippen molar-refractivity contribution in [3.8, 4) is 22.8 Å². The molecule has 30 heavy (non-hydrogen) atoms. The number of unbranched alkanes of at least 4 members (excludes halogenated alkanes) is 1. The van der Waals surface area contributed by atoms with Crippen molar-refractivity contribution in [3.63, 3.8) is 0 Å². The fourth-order valence-electron chi connectivity index (χ4n) is 2.58. The minimum absolute atomic E-state index is 0.0501. The zero-order valence-corrected chi connectivity index (χ0v) is 17.5. The number of aromatic nitrogens is 1. The molecule has 0 bridgehead atoms. The van der Waals surface area contributed by atoms with E-state index in [2.05, 4.69) is 22.4 Å². The van der Waals surface area contributed by atoms with Crippen molar-refractivity contribution in [2.24, 2.45) is 5.10 Å². The molecule has 0 fully saturated rings. The van der Waals surface area contributed by atoms with Crippen LogP contribution in [0.25, 0.3) is 11.3 Å². The Labute approximate surface area is 178 Å². The Hall–Kier alpha value is -3.46. The van der Waals surface area contributed by atoms with Crippen LogP contribution in [0.1, 0.15) is 25.3 Å². The van der Waals surface area contributed by atoms with Gasteiger partial charge in [-0.05, 0) is 42.3 Å². The van der Waals surface area contributed by atoms with Crippen molar-refractivity contribution in [1.29, 1.82) is 0 Å². The van der Waals surface area contributed by atoms with Gasteiger partial charge in [0.2, 0.25) is 5.13 Å². The van der Waals surface area contributed by atoms with Gasteiger partial charge in [0, 0.05) is 23.1 Å². The number of methoxy groups -OCH3 is 1. The largest absolute Gasteiger partial charge is 0.493 e. The molecule has 8 nitrogen and oxygen atoms in total. The van der Waals surface area contributed by atoms with Crippen molar-refractivity contribution in [2.75, 3.05) is 19.1 Å². The highest BCUT2D eigenvalue weighted by Crippen LogP contribution is 2.28. The summed E-state index contributed by atoms with van der Waals surface area (Å²) in [6, 6.07) is 11.9. The Kier molecular flexibility index (Phi) is 7.34. The number of non-ortho nitro benzene ring substituents is 1. The molecule has 0 atom stereocenters. The number of ether oxygens (including phenoxy) is 2. The van der Waals surface area contributed by atoms with Gasteiger partial charge in [0.1, 0.15) is 0 Å². The molecular weight excluding hydrogens is 404 g/mol. The van der Waals surface area contributed by atoms with E-state index in [0.29, 0.717) is 23.2 Å². The van der Waals surface area contributed by atoms with E-state index in [1.807, 2.05) is 23.6 Å². The monoisotopic (exact) mass is 426 g/mol. The van der Waals surface area contributed by atoms with Crippen LogP contribution in [0.3, 0.4) is 0 Å². The van der Waals surface area contributed by atoms with E-state index in [9.17, 15) is 10.1 Å². The lowest BCUT2D eigenvalue weighted by Crippen LogP contribution is -1.99. The summed E-state index contributed by atoms with van der Waals surface area (Å²) in [5.74, 6) is 1.37. The third-order valence-corrected chi connectivity index (χ3v) is 4.94. The average molecular weight is 426 g/mol. The Bertz CT molecular complexity index is 1020. The van der Waals surface area contributed by atoms with E-state index < -0.39 is 4.92 Å². The summed E-state index contributed by atoms with van der Waals surface area (Å²) < 4.78 is 11.1. The van der Waals surface area contributed by atoms with E-state index in [0.717, 1.165) is 29.7 Å². The first-order valence-electron chi connectivity index (χ1n) is 9.41. The Balaban J connectivity index is 1.62. The lowest BCUT2D eigenvalue weighted by Gasteiger charge is -2.10. The van der Waals surface area contributed by atoms with Gasteiger partial charge in [-0.2, -0.15) is 5.10 Å².